The fraction of sp³-hybridized carbons (Fsp3) is 0.818. The first-order chi connectivity index (χ1) is 7.88. The van der Waals surface area contributed by atoms with Crippen molar-refractivity contribution in [3.05, 3.63) is 0 Å². The Labute approximate surface area is 101 Å². The van der Waals surface area contributed by atoms with Crippen LogP contribution in [0.5, 0.6) is 0 Å². The van der Waals surface area contributed by atoms with Crippen LogP contribution in [0.1, 0.15) is 33.6 Å². The monoisotopic (exact) mass is 248 g/mol. The standard InChI is InChI=1S/C11H20O6/c1-4-9(17-11(15)8(3)13)5-6-16-10(14)7(2)12/h7-9,12-13H,4-6H2,1-3H3. The van der Waals surface area contributed by atoms with Crippen LogP contribution in [0.2, 0.25) is 0 Å². The van der Waals surface area contributed by atoms with Gasteiger partial charge < -0.3 is 19.7 Å². The minimum absolute atomic E-state index is 0.0648. The first-order valence-corrected chi connectivity index (χ1v) is 5.61. The Morgan fingerprint density at radius 3 is 2.06 bits per heavy atom. The molecule has 6 nitrogen and oxygen atoms in total. The molecule has 100 valence electrons. The van der Waals surface area contributed by atoms with Crippen LogP contribution in [0.15, 0.2) is 0 Å². The number of carbonyl (C=O) groups excluding carboxylic acids is 2. The molecule has 0 aliphatic heterocycles. The molecule has 17 heavy (non-hydrogen) atoms. The highest BCUT2D eigenvalue weighted by molar-refractivity contribution is 5.74. The fourth-order valence-electron chi connectivity index (χ4n) is 1.02. The Morgan fingerprint density at radius 2 is 1.65 bits per heavy atom. The van der Waals surface area contributed by atoms with E-state index in [1.165, 1.54) is 13.8 Å². The molecular weight excluding hydrogens is 228 g/mol. The maximum Gasteiger partial charge on any atom is 0.334 e. The van der Waals surface area contributed by atoms with Gasteiger partial charge in [-0.15, -0.1) is 0 Å². The number of hydrogen-bond donors (Lipinski definition) is 2. The van der Waals surface area contributed by atoms with E-state index in [4.69, 9.17) is 19.7 Å². The van der Waals surface area contributed by atoms with Gasteiger partial charge in [0.05, 0.1) is 6.61 Å². The normalized spacial score (nSPS) is 15.8. The number of aliphatic hydroxyl groups is 2. The first kappa shape index (κ1) is 15.9. The van der Waals surface area contributed by atoms with Gasteiger partial charge in [0, 0.05) is 6.42 Å². The second kappa shape index (κ2) is 8.03. The molecule has 0 bridgehead atoms. The molecule has 0 rings (SSSR count). The van der Waals surface area contributed by atoms with Crippen LogP contribution in [0.4, 0.5) is 0 Å². The van der Waals surface area contributed by atoms with Gasteiger partial charge in [0.15, 0.2) is 0 Å². The Morgan fingerprint density at radius 1 is 1.12 bits per heavy atom. The molecule has 0 heterocycles. The van der Waals surface area contributed by atoms with E-state index in [0.717, 1.165) is 0 Å². The van der Waals surface area contributed by atoms with E-state index in [1.54, 1.807) is 0 Å². The molecule has 0 saturated carbocycles. The van der Waals surface area contributed by atoms with E-state index >= 15 is 0 Å². The first-order valence-electron chi connectivity index (χ1n) is 5.61. The lowest BCUT2D eigenvalue weighted by Gasteiger charge is -2.17. The van der Waals surface area contributed by atoms with Crippen LogP contribution in [0, 0.1) is 0 Å². The van der Waals surface area contributed by atoms with E-state index in [1.807, 2.05) is 6.92 Å². The third-order valence-corrected chi connectivity index (χ3v) is 2.10. The van der Waals surface area contributed by atoms with E-state index in [-0.39, 0.29) is 6.61 Å². The molecule has 0 radical (unpaired) electrons. The number of ether oxygens (including phenoxy) is 2. The zero-order valence-corrected chi connectivity index (χ0v) is 10.4. The second-order valence-corrected chi connectivity index (χ2v) is 3.78. The summed E-state index contributed by atoms with van der Waals surface area (Å²) in [5.74, 6) is -1.40. The molecule has 0 aliphatic carbocycles. The smallest absolute Gasteiger partial charge is 0.334 e. The van der Waals surface area contributed by atoms with Crippen LogP contribution in [0.3, 0.4) is 0 Å². The lowest BCUT2D eigenvalue weighted by atomic mass is 10.2. The van der Waals surface area contributed by atoms with Crippen molar-refractivity contribution >= 4 is 11.9 Å². The summed E-state index contributed by atoms with van der Waals surface area (Å²) in [7, 11) is 0. The summed E-state index contributed by atoms with van der Waals surface area (Å²) in [4.78, 5) is 22.0. The van der Waals surface area contributed by atoms with Gasteiger partial charge in [0.25, 0.3) is 0 Å². The average Bonchev–Trinajstić information content (AvgIpc) is 2.26. The molecular formula is C11H20O6. The van der Waals surface area contributed by atoms with Crippen molar-refractivity contribution in [3.8, 4) is 0 Å². The van der Waals surface area contributed by atoms with E-state index in [0.29, 0.717) is 12.8 Å². The van der Waals surface area contributed by atoms with Gasteiger partial charge in [-0.05, 0) is 20.3 Å². The van der Waals surface area contributed by atoms with Gasteiger partial charge in [-0.3, -0.25) is 0 Å². The highest BCUT2D eigenvalue weighted by Crippen LogP contribution is 2.06. The molecule has 0 amide bonds. The molecule has 3 atom stereocenters. The molecule has 3 unspecified atom stereocenters. The highest BCUT2D eigenvalue weighted by Gasteiger charge is 2.17. The number of aliphatic hydroxyl groups excluding tert-OH is 2. The van der Waals surface area contributed by atoms with Crippen LogP contribution in [-0.2, 0) is 19.1 Å². The molecule has 0 saturated heterocycles. The summed E-state index contributed by atoms with van der Waals surface area (Å²) in [6, 6.07) is 0. The molecule has 0 aliphatic rings. The maximum absolute atomic E-state index is 11.1. The van der Waals surface area contributed by atoms with Crippen molar-refractivity contribution in [2.75, 3.05) is 6.61 Å². The fourth-order valence-corrected chi connectivity index (χ4v) is 1.02. The summed E-state index contributed by atoms with van der Waals surface area (Å²) >= 11 is 0. The maximum atomic E-state index is 11.1. The molecule has 0 spiro atoms. The topological polar surface area (TPSA) is 93.1 Å². The second-order valence-electron chi connectivity index (χ2n) is 3.78. The number of rotatable bonds is 7. The lowest BCUT2D eigenvalue weighted by molar-refractivity contribution is -0.160. The van der Waals surface area contributed by atoms with Crippen LogP contribution < -0.4 is 0 Å². The van der Waals surface area contributed by atoms with Crippen LogP contribution in [-0.4, -0.2) is 47.1 Å². The van der Waals surface area contributed by atoms with Crippen LogP contribution >= 0.6 is 0 Å². The van der Waals surface area contributed by atoms with Crippen molar-refractivity contribution in [2.45, 2.75) is 51.9 Å². The summed E-state index contributed by atoms with van der Waals surface area (Å²) in [6.45, 7) is 4.52. The summed E-state index contributed by atoms with van der Waals surface area (Å²) in [5, 5.41) is 17.8. The van der Waals surface area contributed by atoms with Gasteiger partial charge in [-0.25, -0.2) is 9.59 Å². The Kier molecular flexibility index (Phi) is 7.49. The largest absolute Gasteiger partial charge is 0.464 e. The van der Waals surface area contributed by atoms with Crippen molar-refractivity contribution in [1.29, 1.82) is 0 Å². The Bertz CT molecular complexity index is 248. The summed E-state index contributed by atoms with van der Waals surface area (Å²) in [6.07, 6.45) is -1.82. The Balaban J connectivity index is 3.91. The van der Waals surface area contributed by atoms with Gasteiger partial charge in [-0.2, -0.15) is 0 Å². The average molecular weight is 248 g/mol. The number of esters is 2. The third kappa shape index (κ3) is 6.91. The molecule has 0 fully saturated rings. The van der Waals surface area contributed by atoms with Crippen molar-refractivity contribution in [1.82, 2.24) is 0 Å². The van der Waals surface area contributed by atoms with E-state index < -0.39 is 30.3 Å². The molecule has 0 aromatic heterocycles. The highest BCUT2D eigenvalue weighted by atomic mass is 16.6. The number of hydrogen-bond acceptors (Lipinski definition) is 6. The Hall–Kier alpha value is -1.14. The van der Waals surface area contributed by atoms with E-state index in [9.17, 15) is 9.59 Å². The van der Waals surface area contributed by atoms with Gasteiger partial charge in [0.1, 0.15) is 18.3 Å². The third-order valence-electron chi connectivity index (χ3n) is 2.10. The van der Waals surface area contributed by atoms with Crippen LogP contribution in [0.25, 0.3) is 0 Å². The molecule has 0 aromatic rings. The zero-order chi connectivity index (χ0) is 13.4. The molecule has 0 aromatic carbocycles. The predicted octanol–water partition coefficient (Wildman–Crippen LogP) is 0.00310. The minimum Gasteiger partial charge on any atom is -0.464 e. The predicted molar refractivity (Wildman–Crippen MR) is 59.1 cm³/mol. The van der Waals surface area contributed by atoms with E-state index in [2.05, 4.69) is 0 Å². The van der Waals surface area contributed by atoms with Crippen molar-refractivity contribution < 1.29 is 29.3 Å². The van der Waals surface area contributed by atoms with Gasteiger partial charge in [0.2, 0.25) is 0 Å². The zero-order valence-electron chi connectivity index (χ0n) is 10.4. The quantitative estimate of drug-likeness (QED) is 0.616. The molecule has 2 N–H and O–H groups in total. The minimum atomic E-state index is -1.16. The van der Waals surface area contributed by atoms with Crippen molar-refractivity contribution in [2.24, 2.45) is 0 Å². The van der Waals surface area contributed by atoms with Gasteiger partial charge in [-0.1, -0.05) is 6.92 Å². The van der Waals surface area contributed by atoms with Crippen molar-refractivity contribution in [3.63, 3.8) is 0 Å². The lowest BCUT2D eigenvalue weighted by Crippen LogP contribution is -2.27. The number of carbonyl (C=O) groups is 2. The SMILES string of the molecule is CCC(CCOC(=O)C(C)O)OC(=O)C(C)O. The summed E-state index contributed by atoms with van der Waals surface area (Å²) in [5.41, 5.74) is 0. The molecule has 6 heteroatoms. The van der Waals surface area contributed by atoms with Gasteiger partial charge >= 0.3 is 11.9 Å². The summed E-state index contributed by atoms with van der Waals surface area (Å²) < 4.78 is 9.70.